The van der Waals surface area contributed by atoms with Crippen molar-refractivity contribution in [3.63, 3.8) is 0 Å². The molecule has 43 nitrogen and oxygen atoms in total. The third-order valence-electron chi connectivity index (χ3n) is 23.4. The Kier molecular flexibility index (Phi) is 36.9. The number of nitrogens with zero attached hydrogens (tertiary/aromatic N) is 6. The second-order valence-corrected chi connectivity index (χ2v) is 34.1. The van der Waals surface area contributed by atoms with Gasteiger partial charge in [0.15, 0.2) is 0 Å². The van der Waals surface area contributed by atoms with Crippen molar-refractivity contribution in [3.05, 3.63) is 120 Å². The summed E-state index contributed by atoms with van der Waals surface area (Å²) < 4.78 is 0. The average Bonchev–Trinajstić information content (AvgIpc) is 1.62. The summed E-state index contributed by atoms with van der Waals surface area (Å²) in [5.74, 6) is -18.6. The molecule has 0 radical (unpaired) electrons. The summed E-state index contributed by atoms with van der Waals surface area (Å²) in [4.78, 5) is 279. The number of hydrogen-bond acceptors (Lipinski definition) is 23. The molecule has 22 N–H and O–H groups in total. The first kappa shape index (κ1) is 101. The SMILES string of the molecule is CCCC[C@H]1C(=O)N(C)[C@@H](CCCC)C(=O)N[C@@H](C)C(=O)N[C@H](C(=O)NCC(N)=O)CSCC(=O)N[C@@H](Cc2ccc(O)cc2)C(=O)N(C)[C@@H](C)C(=O)N[C@@H](CC(N)=O)C(=O)N2CCC[C@H]2C(=O)N[C@@H](Cc2cnc[nH]2)C(=O)N[C@@H](CCC(N)=O)C(=O)N2C[C@H](O)C[C@H]2C(=O)N[C@@H](Cc2c[nH]c3ccccc23)C(=O)NC(CO)C(=O)N[C@@H](Cc2c[nH]c3ccccc23)C(=O)N1C. The van der Waals surface area contributed by atoms with E-state index in [1.807, 2.05) is 13.8 Å². The van der Waals surface area contributed by atoms with Crippen LogP contribution in [0.2, 0.25) is 0 Å². The van der Waals surface area contributed by atoms with Gasteiger partial charge in [-0.25, -0.2) is 4.98 Å². The summed E-state index contributed by atoms with van der Waals surface area (Å²) in [6, 6.07) is -2.81. The van der Waals surface area contributed by atoms with Crippen LogP contribution < -0.4 is 70.4 Å². The fraction of sp³-hybridized carbons (Fsp3) is 0.506. The van der Waals surface area contributed by atoms with Gasteiger partial charge >= 0.3 is 0 Å². The van der Waals surface area contributed by atoms with Crippen LogP contribution in [0.3, 0.4) is 0 Å². The number of aliphatic hydroxyl groups excluding tert-OH is 2. The van der Waals surface area contributed by atoms with Gasteiger partial charge in [0.05, 0.1) is 37.8 Å². The molecule has 3 aliphatic heterocycles. The summed E-state index contributed by atoms with van der Waals surface area (Å²) in [5.41, 5.74) is 19.6. The van der Waals surface area contributed by atoms with E-state index in [1.54, 1.807) is 60.9 Å². The predicted molar refractivity (Wildman–Crippen MR) is 475 cm³/mol. The van der Waals surface area contributed by atoms with Crippen LogP contribution in [-0.2, 0) is 112 Å². The zero-order chi connectivity index (χ0) is 95.6. The van der Waals surface area contributed by atoms with Crippen LogP contribution in [0.4, 0.5) is 0 Å². The third-order valence-corrected chi connectivity index (χ3v) is 24.5. The van der Waals surface area contributed by atoms with Crippen LogP contribution >= 0.6 is 11.8 Å². The molecule has 3 fully saturated rings. The Hall–Kier alpha value is -13.5. The number of para-hydroxylation sites is 2. The average molecular weight is 1840 g/mol. The number of carbonyl (C=O) groups is 18. The first-order valence-electron chi connectivity index (χ1n) is 43.4. The Morgan fingerprint density at radius 2 is 1.07 bits per heavy atom. The lowest BCUT2D eigenvalue weighted by molar-refractivity contribution is -0.149. The minimum atomic E-state index is -1.91. The highest BCUT2D eigenvalue weighted by Crippen LogP contribution is 2.28. The number of benzene rings is 3. The van der Waals surface area contributed by atoms with E-state index in [0.29, 0.717) is 64.2 Å². The summed E-state index contributed by atoms with van der Waals surface area (Å²) in [7, 11) is 3.88. The number of aromatic hydroxyl groups is 1. The molecule has 3 aliphatic rings. The molecular weight excluding hydrogens is 1720 g/mol. The number of phenols is 1. The lowest BCUT2D eigenvalue weighted by Crippen LogP contribution is -2.61. The maximum atomic E-state index is 15.6. The number of H-pyrrole nitrogens is 3. The molecule has 6 aromatic rings. The number of primary amides is 3. The number of amides is 18. The molecule has 0 bridgehead atoms. The number of fused-ring (bicyclic) bond motifs is 4. The maximum Gasteiger partial charge on any atom is 0.246 e. The van der Waals surface area contributed by atoms with E-state index in [4.69, 9.17) is 17.2 Å². The number of aliphatic hydroxyl groups is 2. The van der Waals surface area contributed by atoms with Crippen molar-refractivity contribution < 1.29 is 102 Å². The summed E-state index contributed by atoms with van der Waals surface area (Å²) >= 11 is 0.771. The van der Waals surface area contributed by atoms with Crippen molar-refractivity contribution in [2.75, 3.05) is 58.9 Å². The molecule has 44 heteroatoms. The largest absolute Gasteiger partial charge is 0.508 e. The lowest BCUT2D eigenvalue weighted by atomic mass is 10.00. The van der Waals surface area contributed by atoms with Gasteiger partial charge in [-0.2, -0.15) is 0 Å². The first-order chi connectivity index (χ1) is 62.4. The molecule has 131 heavy (non-hydrogen) atoms. The highest BCUT2D eigenvalue weighted by atomic mass is 32.2. The molecule has 1 unspecified atom stereocenters. The fourth-order valence-corrected chi connectivity index (χ4v) is 16.8. The molecule has 0 saturated carbocycles. The maximum absolute atomic E-state index is 15.6. The highest BCUT2D eigenvalue weighted by Gasteiger charge is 2.47. The molecule has 18 amide bonds. The first-order valence-corrected chi connectivity index (χ1v) is 44.5. The summed E-state index contributed by atoms with van der Waals surface area (Å²) in [6.07, 6.45) is 2.44. The van der Waals surface area contributed by atoms with E-state index in [9.17, 15) is 68.1 Å². The van der Waals surface area contributed by atoms with Crippen molar-refractivity contribution in [3.8, 4) is 5.75 Å². The number of rotatable bonds is 23. The zero-order valence-electron chi connectivity index (χ0n) is 74.0. The van der Waals surface area contributed by atoms with E-state index in [2.05, 4.69) is 73.1 Å². The van der Waals surface area contributed by atoms with Crippen LogP contribution in [0, 0.1) is 0 Å². The van der Waals surface area contributed by atoms with Crippen LogP contribution in [0.1, 0.15) is 127 Å². The second kappa shape index (κ2) is 47.7. The number of imidazole rings is 1. The van der Waals surface area contributed by atoms with E-state index in [0.717, 1.165) is 36.3 Å². The van der Waals surface area contributed by atoms with Gasteiger partial charge in [-0.05, 0) is 86.9 Å². The number of nitrogens with two attached hydrogens (primary N) is 3. The molecule has 3 saturated heterocycles. The van der Waals surface area contributed by atoms with Crippen molar-refractivity contribution in [1.29, 1.82) is 0 Å². The van der Waals surface area contributed by atoms with Gasteiger partial charge < -0.3 is 125 Å². The molecule has 9 rings (SSSR count). The predicted octanol–water partition coefficient (Wildman–Crippen LogP) is -3.95. The van der Waals surface area contributed by atoms with Crippen molar-refractivity contribution in [2.45, 2.75) is 221 Å². The number of carbonyl (C=O) groups excluding carboxylic acids is 18. The van der Waals surface area contributed by atoms with Crippen molar-refractivity contribution in [2.24, 2.45) is 17.2 Å². The molecular formula is C87H118N22O21S. The standard InChI is InChI=1S/C87H118N22O21S/c1-8-10-21-66-80(123)96-46(3)74(117)104-65(76(119)94-40-72(90)115)43-131-44-73(116)97-61(31-48-24-26-52(111)27-25-48)83(126)105(5)47(4)75(118)101-63(36-71(89)114)86(129)108-30-16-23-67(108)81(124)100-60(34-51-39-91-45-95-51)78(121)98-58(28-29-70(88)113)85(128)109-41-53(112)35-69(109)82(125)99-59(32-49-37-92-56-19-14-12-17-54(49)56)77(120)103-64(42-110)79(122)102-62(33-50-38-93-57-20-15-13-18-55(50)57)84(127)107(7)68(22-11-9-2)87(130)106(66)6/h12-15,17-20,24-27,37-39,45-47,53,58-69,92-93,110-112H,8-11,16,21-23,28-36,40-44H2,1-7H3,(H2,88,113)(H2,89,114)(H2,90,115)(H,91,95)(H,94,119)(H,96,123)(H,97,116)(H,98,121)(H,99,125)(H,100,124)(H,101,118)(H,102,122)(H,103,120)(H,104,117)/t46-,47-,53+,58-,59-,60-,61-,62-,63-,64?,65-,66-,67-,68-,69-/m0/s1. The smallest absolute Gasteiger partial charge is 0.246 e. The van der Waals surface area contributed by atoms with Crippen LogP contribution in [0.5, 0.6) is 5.75 Å². The normalized spacial score (nSPS) is 25.1. The Balaban J connectivity index is 1.08. The molecule has 3 aromatic heterocycles. The molecule has 15 atom stereocenters. The second-order valence-electron chi connectivity index (χ2n) is 33.0. The van der Waals surface area contributed by atoms with E-state index in [-0.39, 0.29) is 69.4 Å². The van der Waals surface area contributed by atoms with Gasteiger partial charge in [0.1, 0.15) is 90.3 Å². The zero-order valence-corrected chi connectivity index (χ0v) is 74.8. The highest BCUT2D eigenvalue weighted by molar-refractivity contribution is 8.00. The number of unbranched alkanes of at least 4 members (excludes halogenated alkanes) is 2. The molecule has 3 aromatic carbocycles. The lowest BCUT2D eigenvalue weighted by Gasteiger charge is -2.36. The van der Waals surface area contributed by atoms with Gasteiger partial charge in [-0.1, -0.05) is 88.1 Å². The van der Waals surface area contributed by atoms with E-state index in [1.165, 1.54) is 71.8 Å². The minimum absolute atomic E-state index is 0.00270. The monoisotopic (exact) mass is 1840 g/mol. The van der Waals surface area contributed by atoms with Gasteiger partial charge in [-0.3, -0.25) is 86.3 Å². The third kappa shape index (κ3) is 27.5. The Labute approximate surface area is 758 Å². The number of aromatic nitrogens is 4. The minimum Gasteiger partial charge on any atom is -0.508 e. The van der Waals surface area contributed by atoms with E-state index < -0.39 is 254 Å². The number of aromatic amines is 3. The molecule has 708 valence electrons. The van der Waals surface area contributed by atoms with E-state index >= 15 is 33.6 Å². The fourth-order valence-electron chi connectivity index (χ4n) is 16.0. The van der Waals surface area contributed by atoms with Crippen molar-refractivity contribution in [1.82, 2.24) is 97.6 Å². The number of hydrogen-bond donors (Lipinski definition) is 19. The molecule has 0 aliphatic carbocycles. The Bertz CT molecular complexity index is 5130. The Morgan fingerprint density at radius 3 is 1.66 bits per heavy atom. The van der Waals surface area contributed by atoms with Crippen molar-refractivity contribution >= 4 is 140 Å². The Morgan fingerprint density at radius 1 is 0.527 bits per heavy atom. The molecule has 0 spiro atoms. The number of likely N-dealkylation sites (N-methyl/N-ethyl adjacent to an activating group) is 3. The van der Waals surface area contributed by atoms with Gasteiger partial charge in [-0.15, -0.1) is 11.8 Å². The summed E-state index contributed by atoms with van der Waals surface area (Å²) in [6.45, 7) is 3.67. The van der Waals surface area contributed by atoms with Crippen LogP contribution in [0.15, 0.2) is 97.7 Å². The quantitative estimate of drug-likeness (QED) is 0.0291. The van der Waals surface area contributed by atoms with Gasteiger partial charge in [0, 0.05) is 125 Å². The van der Waals surface area contributed by atoms with Gasteiger partial charge in [0.2, 0.25) is 106 Å². The van der Waals surface area contributed by atoms with Gasteiger partial charge in [0.25, 0.3) is 0 Å². The number of nitrogens with one attached hydrogen (secondary N) is 13. The molecule has 6 heterocycles. The van der Waals surface area contributed by atoms with Crippen LogP contribution in [0.25, 0.3) is 21.8 Å². The van der Waals surface area contributed by atoms with Crippen LogP contribution in [-0.4, -0.2) is 316 Å². The topological polar surface area (TPSA) is 643 Å². The number of thioether (sulfide) groups is 1. The summed E-state index contributed by atoms with van der Waals surface area (Å²) in [5, 5.41) is 59.8. The number of phenolic OH excluding ortho intramolecular Hbond substituents is 1.